The van der Waals surface area contributed by atoms with Gasteiger partial charge in [-0.2, -0.15) is 5.10 Å². The molecule has 0 aliphatic heterocycles. The number of nitrogens with two attached hydrogens (primary N) is 1. The van der Waals surface area contributed by atoms with Gasteiger partial charge in [-0.1, -0.05) is 54.3 Å². The second-order valence-corrected chi connectivity index (χ2v) is 8.48. The molecule has 9 heteroatoms. The van der Waals surface area contributed by atoms with Crippen LogP contribution in [-0.4, -0.2) is 25.9 Å². The number of rotatable bonds is 6. The van der Waals surface area contributed by atoms with E-state index in [0.717, 1.165) is 22.0 Å². The van der Waals surface area contributed by atoms with Crippen LogP contribution in [0.15, 0.2) is 90.6 Å². The van der Waals surface area contributed by atoms with Crippen molar-refractivity contribution in [3.63, 3.8) is 0 Å². The maximum atomic E-state index is 13.5. The van der Waals surface area contributed by atoms with E-state index in [4.69, 9.17) is 5.73 Å². The first kappa shape index (κ1) is 21.5. The summed E-state index contributed by atoms with van der Waals surface area (Å²) in [4.78, 5) is 13.0. The zero-order chi connectivity index (χ0) is 23.7. The minimum absolute atomic E-state index is 0.290. The Labute approximate surface area is 198 Å². The fraction of sp³-hybridized carbons (Fsp3) is 0.0400. The average molecular weight is 471 g/mol. The number of fused-ring (bicyclic) bond motifs is 1. The summed E-state index contributed by atoms with van der Waals surface area (Å²) in [5, 5.41) is 16.1. The molecule has 168 valence electrons. The summed E-state index contributed by atoms with van der Waals surface area (Å²) < 4.78 is 15.2. The summed E-state index contributed by atoms with van der Waals surface area (Å²) in [6.07, 6.45) is 1.72. The lowest BCUT2D eigenvalue weighted by Gasteiger charge is -2.20. The normalized spacial score (nSPS) is 11.9. The summed E-state index contributed by atoms with van der Waals surface area (Å²) in [7, 11) is 0. The first-order valence-electron chi connectivity index (χ1n) is 10.4. The maximum absolute atomic E-state index is 13.5. The van der Waals surface area contributed by atoms with E-state index >= 15 is 0 Å². The van der Waals surface area contributed by atoms with Crippen molar-refractivity contribution in [3.8, 4) is 5.69 Å². The second kappa shape index (κ2) is 8.87. The number of nitrogens with one attached hydrogen (secondary N) is 1. The van der Waals surface area contributed by atoms with Gasteiger partial charge in [0.05, 0.1) is 23.1 Å². The Balaban J connectivity index is 1.55. The highest BCUT2D eigenvalue weighted by molar-refractivity contribution is 7.13. The van der Waals surface area contributed by atoms with E-state index in [-0.39, 0.29) is 11.6 Å². The number of nitrogen functional groups attached to an aromatic ring is 1. The molecule has 0 saturated carbocycles. The predicted molar refractivity (Wildman–Crippen MR) is 131 cm³/mol. The molecule has 2 heterocycles. The number of carbonyl (C=O) groups excluding carboxylic acids is 1. The Kier molecular flexibility index (Phi) is 5.60. The van der Waals surface area contributed by atoms with Gasteiger partial charge in [-0.15, -0.1) is 10.2 Å². The van der Waals surface area contributed by atoms with Crippen LogP contribution in [0.3, 0.4) is 0 Å². The third-order valence-electron chi connectivity index (χ3n) is 5.50. The van der Waals surface area contributed by atoms with E-state index in [1.807, 2.05) is 48.5 Å². The van der Waals surface area contributed by atoms with Crippen LogP contribution in [0.4, 0.5) is 15.2 Å². The minimum Gasteiger partial charge on any atom is -0.397 e. The van der Waals surface area contributed by atoms with Crippen molar-refractivity contribution < 1.29 is 9.18 Å². The van der Waals surface area contributed by atoms with E-state index in [9.17, 15) is 9.18 Å². The number of aromatic nitrogens is 4. The van der Waals surface area contributed by atoms with E-state index < -0.39 is 11.7 Å². The Morgan fingerprint density at radius 2 is 1.91 bits per heavy atom. The van der Waals surface area contributed by atoms with Gasteiger partial charge in [0.2, 0.25) is 5.13 Å². The van der Waals surface area contributed by atoms with Gasteiger partial charge >= 0.3 is 0 Å². The van der Waals surface area contributed by atoms with Crippen molar-refractivity contribution in [3.05, 3.63) is 108 Å². The van der Waals surface area contributed by atoms with Crippen molar-refractivity contribution in [2.45, 2.75) is 5.92 Å². The van der Waals surface area contributed by atoms with Crippen LogP contribution in [-0.2, 0) is 4.79 Å². The Morgan fingerprint density at radius 3 is 2.65 bits per heavy atom. The lowest BCUT2D eigenvalue weighted by atomic mass is 9.84. The molecule has 0 aliphatic carbocycles. The summed E-state index contributed by atoms with van der Waals surface area (Å²) >= 11 is 1.24. The zero-order valence-electron chi connectivity index (χ0n) is 17.9. The molecule has 0 fully saturated rings. The van der Waals surface area contributed by atoms with Gasteiger partial charge < -0.3 is 5.73 Å². The molecule has 0 unspecified atom stereocenters. The number of halogens is 1. The monoisotopic (exact) mass is 470 g/mol. The van der Waals surface area contributed by atoms with Crippen molar-refractivity contribution in [2.24, 2.45) is 0 Å². The molecule has 34 heavy (non-hydrogen) atoms. The quantitative estimate of drug-likeness (QED) is 0.271. The molecule has 0 saturated heterocycles. The fourth-order valence-electron chi connectivity index (χ4n) is 3.92. The van der Waals surface area contributed by atoms with Crippen molar-refractivity contribution in [1.29, 1.82) is 0 Å². The van der Waals surface area contributed by atoms with Crippen LogP contribution in [0.2, 0.25) is 0 Å². The average Bonchev–Trinajstić information content (AvgIpc) is 3.50. The molecule has 1 atom stereocenters. The standard InChI is InChI=1S/C25H19FN6OS/c1-15(24(33)30-25-31-28-14-34-25)23(16-5-3-2-4-6-16)17-7-9-21-18(11-17)13-29-32(21)22-10-8-19(26)12-20(22)27/h2-14,23H,1,27H2,(H,30,31,33)/t23-/m0/s1. The smallest absolute Gasteiger partial charge is 0.253 e. The van der Waals surface area contributed by atoms with Gasteiger partial charge in [0.1, 0.15) is 11.3 Å². The summed E-state index contributed by atoms with van der Waals surface area (Å²) in [5.41, 5.74) is 11.4. The zero-order valence-corrected chi connectivity index (χ0v) is 18.7. The molecule has 0 spiro atoms. The Morgan fingerprint density at radius 1 is 1.09 bits per heavy atom. The first-order chi connectivity index (χ1) is 16.5. The largest absolute Gasteiger partial charge is 0.397 e. The van der Waals surface area contributed by atoms with E-state index in [2.05, 4.69) is 27.2 Å². The van der Waals surface area contributed by atoms with Crippen LogP contribution >= 0.6 is 11.3 Å². The lowest BCUT2D eigenvalue weighted by molar-refractivity contribution is -0.113. The molecule has 3 aromatic carbocycles. The molecule has 0 radical (unpaired) electrons. The van der Waals surface area contributed by atoms with E-state index in [0.29, 0.717) is 16.4 Å². The molecule has 5 aromatic rings. The summed E-state index contributed by atoms with van der Waals surface area (Å²) in [6, 6.07) is 19.7. The minimum atomic E-state index is -0.406. The number of hydrogen-bond acceptors (Lipinski definition) is 6. The van der Waals surface area contributed by atoms with Crippen LogP contribution in [0.25, 0.3) is 16.6 Å². The topological polar surface area (TPSA) is 98.7 Å². The Bertz CT molecular complexity index is 1500. The molecule has 1 amide bonds. The molecule has 0 aliphatic rings. The highest BCUT2D eigenvalue weighted by atomic mass is 32.1. The number of benzene rings is 3. The number of nitrogens with zero attached hydrogens (tertiary/aromatic N) is 4. The SMILES string of the molecule is C=C(C(=O)Nc1nncs1)[C@@H](c1ccccc1)c1ccc2c(cnn2-c2ccc(F)cc2N)c1. The molecule has 2 aromatic heterocycles. The highest BCUT2D eigenvalue weighted by Crippen LogP contribution is 2.34. The van der Waals surface area contributed by atoms with E-state index in [1.54, 1.807) is 22.5 Å². The molecule has 7 nitrogen and oxygen atoms in total. The third-order valence-corrected chi connectivity index (χ3v) is 6.10. The van der Waals surface area contributed by atoms with Crippen molar-refractivity contribution in [2.75, 3.05) is 11.1 Å². The maximum Gasteiger partial charge on any atom is 0.253 e. The van der Waals surface area contributed by atoms with Crippen molar-refractivity contribution >= 4 is 39.0 Å². The van der Waals surface area contributed by atoms with Gasteiger partial charge in [-0.25, -0.2) is 9.07 Å². The van der Waals surface area contributed by atoms with Gasteiger partial charge in [0, 0.05) is 16.9 Å². The highest BCUT2D eigenvalue weighted by Gasteiger charge is 2.24. The molecule has 0 bridgehead atoms. The van der Waals surface area contributed by atoms with Gasteiger partial charge in [0.25, 0.3) is 5.91 Å². The van der Waals surface area contributed by atoms with Crippen LogP contribution in [0.1, 0.15) is 17.0 Å². The molecular formula is C25H19FN6OS. The van der Waals surface area contributed by atoms with E-state index in [1.165, 1.54) is 23.5 Å². The third kappa shape index (κ3) is 4.04. The molecule has 3 N–H and O–H groups in total. The van der Waals surface area contributed by atoms with Crippen LogP contribution in [0, 0.1) is 5.82 Å². The number of amides is 1. The predicted octanol–water partition coefficient (Wildman–Crippen LogP) is 4.93. The summed E-state index contributed by atoms with van der Waals surface area (Å²) in [5.74, 6) is -1.13. The number of hydrogen-bond donors (Lipinski definition) is 2. The molecular weight excluding hydrogens is 451 g/mol. The van der Waals surface area contributed by atoms with Gasteiger partial charge in [0.15, 0.2) is 0 Å². The van der Waals surface area contributed by atoms with Crippen LogP contribution in [0.5, 0.6) is 0 Å². The van der Waals surface area contributed by atoms with Gasteiger partial charge in [-0.05, 0) is 41.5 Å². The first-order valence-corrected chi connectivity index (χ1v) is 11.2. The van der Waals surface area contributed by atoms with Gasteiger partial charge in [-0.3, -0.25) is 10.1 Å². The molecule has 5 rings (SSSR count). The lowest BCUT2D eigenvalue weighted by Crippen LogP contribution is -2.19. The van der Waals surface area contributed by atoms with Crippen molar-refractivity contribution in [1.82, 2.24) is 20.0 Å². The Hall–Kier alpha value is -4.37. The second-order valence-electron chi connectivity index (χ2n) is 7.64. The number of carbonyl (C=O) groups is 1. The summed E-state index contributed by atoms with van der Waals surface area (Å²) in [6.45, 7) is 4.11. The number of anilines is 2. The fourth-order valence-corrected chi connectivity index (χ4v) is 4.36. The van der Waals surface area contributed by atoms with Crippen LogP contribution < -0.4 is 11.1 Å².